The van der Waals surface area contributed by atoms with E-state index in [4.69, 9.17) is 9.84 Å². The number of amides is 2. The number of aryl methyl sites for hydroxylation is 1. The van der Waals surface area contributed by atoms with Gasteiger partial charge in [-0.2, -0.15) is 10.2 Å². The van der Waals surface area contributed by atoms with Gasteiger partial charge in [0.1, 0.15) is 23.0 Å². The van der Waals surface area contributed by atoms with Gasteiger partial charge in [-0.3, -0.25) is 14.9 Å². The molecule has 1 aliphatic heterocycles. The second-order valence-electron chi connectivity index (χ2n) is 9.83. The van der Waals surface area contributed by atoms with Crippen molar-refractivity contribution in [3.63, 3.8) is 0 Å². The van der Waals surface area contributed by atoms with Crippen LogP contribution >= 0.6 is 0 Å². The molecule has 2 aromatic heterocycles. The average Bonchev–Trinajstić information content (AvgIpc) is 3.61. The number of hydrogen-bond donors (Lipinski definition) is 2. The number of aromatic nitrogens is 4. The summed E-state index contributed by atoms with van der Waals surface area (Å²) in [7, 11) is 3.54. The van der Waals surface area contributed by atoms with E-state index in [-0.39, 0.29) is 23.8 Å². The summed E-state index contributed by atoms with van der Waals surface area (Å²) in [5.41, 5.74) is 4.20. The number of likely N-dealkylation sites (tertiary alicyclic amines) is 1. The van der Waals surface area contributed by atoms with Crippen molar-refractivity contribution in [1.82, 2.24) is 29.8 Å². The van der Waals surface area contributed by atoms with Gasteiger partial charge in [-0.25, -0.2) is 13.9 Å². The maximum absolute atomic E-state index is 13.6. The van der Waals surface area contributed by atoms with Crippen molar-refractivity contribution >= 4 is 17.5 Å². The van der Waals surface area contributed by atoms with E-state index in [1.54, 1.807) is 28.6 Å². The first kappa shape index (κ1) is 25.9. The van der Waals surface area contributed by atoms with E-state index in [1.807, 2.05) is 32.3 Å². The molecule has 0 unspecified atom stereocenters. The Hall–Kier alpha value is -3.76. The smallest absolute Gasteiger partial charge is 0.320 e. The van der Waals surface area contributed by atoms with E-state index in [9.17, 15) is 9.18 Å². The molecule has 0 radical (unpaired) electrons. The number of methoxy groups -OCH3 is 1. The molecule has 1 aromatic carbocycles. The lowest BCUT2D eigenvalue weighted by atomic mass is 9.94. The monoisotopic (exact) mass is 519 g/mol. The van der Waals surface area contributed by atoms with E-state index in [2.05, 4.69) is 32.8 Å². The Kier molecular flexibility index (Phi) is 7.71. The second-order valence-corrected chi connectivity index (χ2v) is 9.83. The fraction of sp³-hybridized carbons (Fsp3) is 0.393. The van der Waals surface area contributed by atoms with Gasteiger partial charge in [-0.15, -0.1) is 0 Å². The summed E-state index contributed by atoms with van der Waals surface area (Å²) in [5.74, 6) is 0.356. The normalized spacial score (nSPS) is 19.5. The van der Waals surface area contributed by atoms with Crippen LogP contribution in [0.15, 0.2) is 54.8 Å². The van der Waals surface area contributed by atoms with Crippen molar-refractivity contribution in [2.45, 2.75) is 31.7 Å². The fourth-order valence-electron chi connectivity index (χ4n) is 5.17. The Morgan fingerprint density at radius 1 is 1.16 bits per heavy atom. The summed E-state index contributed by atoms with van der Waals surface area (Å²) in [6.07, 6.45) is 10.0. The Balaban J connectivity index is 1.40. The molecular weight excluding hydrogens is 485 g/mol. The number of nitrogens with one attached hydrogen (secondary N) is 2. The van der Waals surface area contributed by atoms with Gasteiger partial charge < -0.3 is 10.1 Å². The van der Waals surface area contributed by atoms with Gasteiger partial charge in [0.2, 0.25) is 0 Å². The molecule has 3 heterocycles. The summed E-state index contributed by atoms with van der Waals surface area (Å²) in [6, 6.07) is 7.98. The van der Waals surface area contributed by atoms with Crippen LogP contribution in [0.3, 0.4) is 0 Å². The zero-order chi connectivity index (χ0) is 26.6. The number of anilines is 1. The fourth-order valence-corrected chi connectivity index (χ4v) is 5.17. The lowest BCUT2D eigenvalue weighted by Crippen LogP contribution is -2.42. The molecule has 5 rings (SSSR count). The predicted octanol–water partition coefficient (Wildman–Crippen LogP) is 4.16. The molecule has 2 N–H and O–H groups in total. The van der Waals surface area contributed by atoms with Crippen LogP contribution in [0.2, 0.25) is 0 Å². The number of allylic oxidation sites excluding steroid dienone is 4. The predicted molar refractivity (Wildman–Crippen MR) is 145 cm³/mol. The van der Waals surface area contributed by atoms with Gasteiger partial charge >= 0.3 is 6.03 Å². The number of halogens is 1. The first-order valence-corrected chi connectivity index (χ1v) is 12.9. The quantitative estimate of drug-likeness (QED) is 0.467. The average molecular weight is 520 g/mol. The van der Waals surface area contributed by atoms with Gasteiger partial charge in [-0.05, 0) is 49.6 Å². The van der Waals surface area contributed by atoms with Crippen LogP contribution in [0.5, 0.6) is 0 Å². The molecule has 1 aliphatic carbocycles. The van der Waals surface area contributed by atoms with Crippen LogP contribution in [-0.4, -0.2) is 69.9 Å². The number of benzene rings is 1. The number of ether oxygens (including phenoxy) is 1. The van der Waals surface area contributed by atoms with Crippen LogP contribution in [0, 0.1) is 12.7 Å². The molecule has 9 nitrogen and oxygen atoms in total. The van der Waals surface area contributed by atoms with Crippen molar-refractivity contribution < 1.29 is 13.9 Å². The number of rotatable bonds is 8. The molecule has 2 aliphatic rings. The molecule has 0 bridgehead atoms. The minimum absolute atomic E-state index is 0.0253. The van der Waals surface area contributed by atoms with Gasteiger partial charge in [-0.1, -0.05) is 24.3 Å². The van der Waals surface area contributed by atoms with Crippen molar-refractivity contribution in [2.24, 2.45) is 7.05 Å². The molecule has 38 heavy (non-hydrogen) atoms. The lowest BCUT2D eigenvalue weighted by Gasteiger charge is -2.21. The van der Waals surface area contributed by atoms with Gasteiger partial charge in [0, 0.05) is 51.5 Å². The number of hydrogen-bond acceptors (Lipinski definition) is 5. The molecule has 200 valence electrons. The van der Waals surface area contributed by atoms with E-state index in [0.717, 1.165) is 54.1 Å². The number of carbonyl (C=O) groups excluding carboxylic acids is 1. The summed E-state index contributed by atoms with van der Waals surface area (Å²) in [5, 5.41) is 15.6. The topological polar surface area (TPSA) is 89.2 Å². The van der Waals surface area contributed by atoms with Crippen LogP contribution in [0.4, 0.5) is 15.0 Å². The maximum Gasteiger partial charge on any atom is 0.320 e. The second kappa shape index (κ2) is 11.3. The third kappa shape index (κ3) is 5.56. The lowest BCUT2D eigenvalue weighted by molar-refractivity contribution is 0.159. The standard InChI is InChI=1S/C28H34FN7O2/c1-19-26(24-13-14-34(2)32-24)33-36(22-7-5-4-6-8-22)27(19)31-28(37)30-25-18-35(15-16-38-3)17-23(25)20-9-11-21(29)12-10-20/h5,7-14,23,25H,4,6,15-18H2,1-3H3,(H2,30,31,37)/t23-,25+/m0/s1. The molecule has 1 fully saturated rings. The van der Waals surface area contributed by atoms with Crippen molar-refractivity contribution in [1.29, 1.82) is 0 Å². The third-order valence-electron chi connectivity index (χ3n) is 7.15. The highest BCUT2D eigenvalue weighted by Gasteiger charge is 2.35. The highest BCUT2D eigenvalue weighted by Crippen LogP contribution is 2.32. The molecular formula is C28H34FN7O2. The van der Waals surface area contributed by atoms with Crippen molar-refractivity contribution in [3.8, 4) is 11.4 Å². The largest absolute Gasteiger partial charge is 0.383 e. The van der Waals surface area contributed by atoms with Crippen LogP contribution < -0.4 is 10.6 Å². The Morgan fingerprint density at radius 2 is 1.97 bits per heavy atom. The summed E-state index contributed by atoms with van der Waals surface area (Å²) < 4.78 is 22.4. The SMILES string of the molecule is COCCN1C[C@@H](NC(=O)Nc2c(C)c(-c3ccn(C)n3)nn2C2=CCCC=C2)[C@H](c2ccc(F)cc2)C1. The summed E-state index contributed by atoms with van der Waals surface area (Å²) in [4.78, 5) is 15.7. The minimum atomic E-state index is -0.312. The van der Waals surface area contributed by atoms with Crippen molar-refractivity contribution in [3.05, 3.63) is 71.7 Å². The van der Waals surface area contributed by atoms with Crippen LogP contribution in [-0.2, 0) is 11.8 Å². The first-order valence-electron chi connectivity index (χ1n) is 12.9. The summed E-state index contributed by atoms with van der Waals surface area (Å²) >= 11 is 0. The molecule has 3 aromatic rings. The van der Waals surface area contributed by atoms with E-state index < -0.39 is 0 Å². The number of nitrogens with zero attached hydrogens (tertiary/aromatic N) is 5. The molecule has 2 amide bonds. The van der Waals surface area contributed by atoms with E-state index in [0.29, 0.717) is 19.0 Å². The van der Waals surface area contributed by atoms with E-state index in [1.165, 1.54) is 12.1 Å². The first-order chi connectivity index (χ1) is 18.4. The number of carbonyl (C=O) groups is 1. The zero-order valence-electron chi connectivity index (χ0n) is 22.0. The summed E-state index contributed by atoms with van der Waals surface area (Å²) in [6.45, 7) is 4.72. The Morgan fingerprint density at radius 3 is 2.66 bits per heavy atom. The van der Waals surface area contributed by atoms with Gasteiger partial charge in [0.15, 0.2) is 0 Å². The molecule has 2 atom stereocenters. The molecule has 0 spiro atoms. The minimum Gasteiger partial charge on any atom is -0.383 e. The van der Waals surface area contributed by atoms with Gasteiger partial charge in [0.05, 0.1) is 18.3 Å². The Bertz CT molecular complexity index is 1340. The molecule has 0 saturated carbocycles. The highest BCUT2D eigenvalue weighted by atomic mass is 19.1. The number of urea groups is 1. The van der Waals surface area contributed by atoms with Crippen LogP contribution in [0.1, 0.15) is 29.9 Å². The molecule has 1 saturated heterocycles. The third-order valence-corrected chi connectivity index (χ3v) is 7.15. The molecule has 10 heteroatoms. The van der Waals surface area contributed by atoms with Crippen LogP contribution in [0.25, 0.3) is 17.1 Å². The van der Waals surface area contributed by atoms with Crippen molar-refractivity contribution in [2.75, 3.05) is 38.7 Å². The maximum atomic E-state index is 13.6. The highest BCUT2D eigenvalue weighted by molar-refractivity contribution is 5.91. The van der Waals surface area contributed by atoms with E-state index >= 15 is 0 Å². The Labute approximate surface area is 222 Å². The van der Waals surface area contributed by atoms with Gasteiger partial charge in [0.25, 0.3) is 0 Å². The zero-order valence-corrected chi connectivity index (χ0v) is 22.0.